The number of hydrogen-bond donors (Lipinski definition) is 2. The number of ether oxygens (including phenoxy) is 5. The van der Waals surface area contributed by atoms with Crippen LogP contribution in [-0.2, 0) is 41.9 Å². The quantitative estimate of drug-likeness (QED) is 0.250. The van der Waals surface area contributed by atoms with Crippen molar-refractivity contribution in [2.75, 3.05) is 0 Å². The summed E-state index contributed by atoms with van der Waals surface area (Å²) < 4.78 is 33.4. The van der Waals surface area contributed by atoms with Gasteiger partial charge in [0.25, 0.3) is 0 Å². The molecular formula is C42H55NO7. The highest BCUT2D eigenvalue weighted by Crippen LogP contribution is 2.75. The Morgan fingerprint density at radius 1 is 0.880 bits per heavy atom. The fourth-order valence-electron chi connectivity index (χ4n) is 13.6. The number of rotatable bonds is 1. The molecule has 0 radical (unpaired) electrons. The Labute approximate surface area is 296 Å². The summed E-state index contributed by atoms with van der Waals surface area (Å²) in [5.41, 5.74) is 2.69. The van der Waals surface area contributed by atoms with Crippen molar-refractivity contribution in [3.8, 4) is 0 Å². The monoisotopic (exact) mass is 685 g/mol. The molecule has 2 saturated carbocycles. The van der Waals surface area contributed by atoms with Crippen LogP contribution >= 0.6 is 0 Å². The van der Waals surface area contributed by atoms with E-state index in [1.54, 1.807) is 0 Å². The van der Waals surface area contributed by atoms with E-state index in [0.29, 0.717) is 12.3 Å². The minimum Gasteiger partial charge on any atom is -0.386 e. The van der Waals surface area contributed by atoms with Crippen LogP contribution in [0.4, 0.5) is 0 Å². The maximum Gasteiger partial charge on any atom is 0.178 e. The highest BCUT2D eigenvalue weighted by atomic mass is 16.8. The number of aromatic nitrogens is 1. The number of nitrogens with one attached hydrogen (secondary N) is 1. The number of epoxide rings is 1. The molecule has 4 aliphatic carbocycles. The Bertz CT molecular complexity index is 1900. The Hall–Kier alpha value is -2.07. The zero-order valence-electron chi connectivity index (χ0n) is 31.5. The summed E-state index contributed by atoms with van der Waals surface area (Å²) in [6.45, 7) is 21.5. The van der Waals surface area contributed by atoms with E-state index in [4.69, 9.17) is 23.7 Å². The molecule has 8 nitrogen and oxygen atoms in total. The minimum absolute atomic E-state index is 0.123. The number of H-pyrrole nitrogens is 1. The zero-order chi connectivity index (χ0) is 35.3. The van der Waals surface area contributed by atoms with Gasteiger partial charge in [0, 0.05) is 38.9 Å². The normalized spacial score (nSPS) is 48.3. The van der Waals surface area contributed by atoms with E-state index >= 15 is 0 Å². The van der Waals surface area contributed by atoms with Crippen molar-refractivity contribution in [1.82, 2.24) is 4.98 Å². The summed E-state index contributed by atoms with van der Waals surface area (Å²) >= 11 is 0. The lowest BCUT2D eigenvalue weighted by atomic mass is 9.40. The number of carbonyl (C=O) groups excluding carboxylic acids is 1. The number of benzene rings is 1. The van der Waals surface area contributed by atoms with Gasteiger partial charge in [-0.25, -0.2) is 0 Å². The Kier molecular flexibility index (Phi) is 6.09. The largest absolute Gasteiger partial charge is 0.386 e. The lowest BCUT2D eigenvalue weighted by Crippen LogP contribution is -2.77. The summed E-state index contributed by atoms with van der Waals surface area (Å²) in [7, 11) is 0. The van der Waals surface area contributed by atoms with Crippen molar-refractivity contribution in [3.63, 3.8) is 0 Å². The topological polar surface area (TPSA) is 103 Å². The van der Waals surface area contributed by atoms with E-state index < -0.39 is 34.1 Å². The number of allylic oxidation sites excluding steroid dienone is 1. The Balaban J connectivity index is 1.07. The first-order valence-electron chi connectivity index (χ1n) is 19.3. The highest BCUT2D eigenvalue weighted by molar-refractivity contribution is 6.06. The lowest BCUT2D eigenvalue weighted by molar-refractivity contribution is -0.343. The van der Waals surface area contributed by atoms with Crippen LogP contribution in [0.5, 0.6) is 0 Å². The molecule has 6 fully saturated rings. The van der Waals surface area contributed by atoms with Crippen LogP contribution in [0.15, 0.2) is 23.8 Å². The molecule has 4 saturated heterocycles. The number of aliphatic hydroxyl groups is 1. The molecule has 8 heteroatoms. The van der Waals surface area contributed by atoms with Gasteiger partial charge in [0.2, 0.25) is 0 Å². The van der Waals surface area contributed by atoms with Gasteiger partial charge >= 0.3 is 0 Å². The van der Waals surface area contributed by atoms with Crippen LogP contribution < -0.4 is 0 Å². The average Bonchev–Trinajstić information content (AvgIpc) is 3.51. The van der Waals surface area contributed by atoms with Crippen molar-refractivity contribution in [2.24, 2.45) is 23.2 Å². The molecule has 5 heterocycles. The van der Waals surface area contributed by atoms with Crippen molar-refractivity contribution < 1.29 is 33.6 Å². The standard InChI is InChI=1S/C42H55NO7/c1-20(2)17-28-47-32-34(38(7,8)48-28)46-27-14-15-39(9)40(10)21(13-16-41(39,45)42(27)35(32)49-42)18-24-29-23-19-25-30(37(5,6)50-36(25,3)4)31(44)22(23)11-12-26(29)43-33(24)40/h11-12,17,21,25,27-28,30,32,34-35,43,45H,13-16,18-19H2,1-10H3/t21-,25+,27-,28-,30+,32+,34-,35+,39+,40+,41-,42-/m0/s1. The molecule has 1 aromatic heterocycles. The molecule has 2 aromatic rings. The lowest BCUT2D eigenvalue weighted by Gasteiger charge is -2.66. The van der Waals surface area contributed by atoms with E-state index in [1.807, 2.05) is 6.08 Å². The molecule has 0 amide bonds. The number of hydrogen-bond acceptors (Lipinski definition) is 7. The molecular weight excluding hydrogens is 630 g/mol. The maximum absolute atomic E-state index is 14.3. The van der Waals surface area contributed by atoms with Crippen LogP contribution in [0.25, 0.3) is 10.9 Å². The zero-order valence-corrected chi connectivity index (χ0v) is 31.5. The summed E-state index contributed by atoms with van der Waals surface area (Å²) in [6.07, 6.45) is 5.41. The van der Waals surface area contributed by atoms with E-state index in [1.165, 1.54) is 22.2 Å². The van der Waals surface area contributed by atoms with Crippen molar-refractivity contribution in [1.29, 1.82) is 0 Å². The summed E-state index contributed by atoms with van der Waals surface area (Å²) in [5.74, 6) is 0.568. The number of ketones is 1. The average molecular weight is 686 g/mol. The second-order valence-electron chi connectivity index (χ2n) is 19.6. The third-order valence-electron chi connectivity index (χ3n) is 15.9. The fraction of sp³-hybridized carbons (Fsp3) is 0.738. The van der Waals surface area contributed by atoms with Gasteiger partial charge in [-0.2, -0.15) is 0 Å². The van der Waals surface area contributed by atoms with Crippen molar-refractivity contribution in [3.05, 3.63) is 46.2 Å². The molecule has 2 N–H and O–H groups in total. The van der Waals surface area contributed by atoms with Gasteiger partial charge in [-0.3, -0.25) is 4.79 Å². The molecule has 0 bridgehead atoms. The fourth-order valence-corrected chi connectivity index (χ4v) is 13.6. The van der Waals surface area contributed by atoms with Gasteiger partial charge in [0.1, 0.15) is 23.9 Å². The Morgan fingerprint density at radius 3 is 2.38 bits per heavy atom. The van der Waals surface area contributed by atoms with Crippen LogP contribution in [0, 0.1) is 23.2 Å². The van der Waals surface area contributed by atoms with Gasteiger partial charge in [-0.1, -0.05) is 19.4 Å². The van der Waals surface area contributed by atoms with E-state index in [2.05, 4.69) is 86.4 Å². The molecule has 0 unspecified atom stereocenters. The number of carbonyl (C=O) groups is 1. The summed E-state index contributed by atoms with van der Waals surface area (Å²) in [6, 6.07) is 4.19. The van der Waals surface area contributed by atoms with E-state index in [-0.39, 0.29) is 53.1 Å². The molecule has 1 spiro atoms. The molecule has 1 aromatic carbocycles. The molecule has 8 aliphatic rings. The van der Waals surface area contributed by atoms with Crippen LogP contribution in [0.2, 0.25) is 0 Å². The van der Waals surface area contributed by atoms with Gasteiger partial charge in [0.15, 0.2) is 17.7 Å². The van der Waals surface area contributed by atoms with E-state index in [9.17, 15) is 9.90 Å². The first kappa shape index (κ1) is 32.6. The van der Waals surface area contributed by atoms with Crippen molar-refractivity contribution in [2.45, 2.75) is 172 Å². The summed E-state index contributed by atoms with van der Waals surface area (Å²) in [5, 5.41) is 14.7. The molecule has 50 heavy (non-hydrogen) atoms. The molecule has 12 atom stereocenters. The van der Waals surface area contributed by atoms with E-state index in [0.717, 1.165) is 48.8 Å². The second-order valence-corrected chi connectivity index (χ2v) is 19.6. The predicted octanol–water partition coefficient (Wildman–Crippen LogP) is 6.87. The van der Waals surface area contributed by atoms with Crippen LogP contribution in [-0.4, -0.2) is 74.6 Å². The third kappa shape index (κ3) is 3.54. The SMILES string of the molecule is CC(C)=C[C@H]1O[C@H]2[C@H]3O[C@@]34[C@H](CC[C@@]3(C)[C@@]4(O)CC[C@H]4Cc5c([nH]c6ccc7c(c56)C[C@@H]5[C@H](C7=O)C(C)(C)OC5(C)C)[C@@]43C)O[C@@H]2C(C)(C)O1. The van der Waals surface area contributed by atoms with Crippen LogP contribution in [0.1, 0.15) is 122 Å². The maximum atomic E-state index is 14.3. The predicted molar refractivity (Wildman–Crippen MR) is 188 cm³/mol. The number of aromatic amines is 1. The van der Waals surface area contributed by atoms with Crippen molar-refractivity contribution >= 4 is 16.7 Å². The molecule has 4 aliphatic heterocycles. The Morgan fingerprint density at radius 2 is 1.64 bits per heavy atom. The van der Waals surface area contributed by atoms with Gasteiger partial charge in [0.05, 0.1) is 28.8 Å². The number of Topliss-reactive ketones (excluding diaryl/α,β-unsaturated/α-hetero) is 1. The molecule has 270 valence electrons. The van der Waals surface area contributed by atoms with Gasteiger partial charge in [-0.15, -0.1) is 0 Å². The highest BCUT2D eigenvalue weighted by Gasteiger charge is 2.87. The first-order chi connectivity index (χ1) is 23.3. The third-order valence-corrected chi connectivity index (χ3v) is 15.9. The summed E-state index contributed by atoms with van der Waals surface area (Å²) in [4.78, 5) is 18.2. The second kappa shape index (κ2) is 9.34. The van der Waals surface area contributed by atoms with Crippen LogP contribution in [0.3, 0.4) is 0 Å². The smallest absolute Gasteiger partial charge is 0.178 e. The van der Waals surface area contributed by atoms with Gasteiger partial charge in [-0.05, 0) is 129 Å². The minimum atomic E-state index is -1.11. The van der Waals surface area contributed by atoms with Gasteiger partial charge < -0.3 is 33.8 Å². The number of fused-ring (bicyclic) bond motifs is 12. The first-order valence-corrected chi connectivity index (χ1v) is 19.3. The molecule has 10 rings (SSSR count).